The lowest BCUT2D eigenvalue weighted by atomic mass is 10.2. The molecule has 0 spiro atoms. The molecule has 0 bridgehead atoms. The minimum Gasteiger partial charge on any atom is -0.455 e. The van der Waals surface area contributed by atoms with Crippen LogP contribution in [0.3, 0.4) is 0 Å². The number of aryl methyl sites for hydroxylation is 1. The molecule has 2 aromatic carbocycles. The molecule has 0 aliphatic heterocycles. The number of para-hydroxylation sites is 1. The van der Waals surface area contributed by atoms with Gasteiger partial charge in [0.15, 0.2) is 0 Å². The summed E-state index contributed by atoms with van der Waals surface area (Å²) in [5, 5.41) is -0.574. The first-order chi connectivity index (χ1) is 17.7. The Bertz CT molecular complexity index is 1320. The van der Waals surface area contributed by atoms with Crippen LogP contribution in [0, 0.1) is 12.7 Å². The maximum absolute atomic E-state index is 14.9. The number of carbonyl (C=O) groups excluding carboxylic acids is 2. The fourth-order valence-electron chi connectivity index (χ4n) is 3.31. The summed E-state index contributed by atoms with van der Waals surface area (Å²) in [6.45, 7) is 3.80. The van der Waals surface area contributed by atoms with Gasteiger partial charge < -0.3 is 20.1 Å². The van der Waals surface area contributed by atoms with Crippen LogP contribution in [-0.4, -0.2) is 40.1 Å². The molecule has 0 radical (unpaired) electrons. The highest BCUT2D eigenvalue weighted by molar-refractivity contribution is 9.10. The normalized spacial score (nSPS) is 11.6. The van der Waals surface area contributed by atoms with Gasteiger partial charge in [0.05, 0.1) is 17.6 Å². The Hall–Kier alpha value is -3.28. The second-order valence-electron chi connectivity index (χ2n) is 7.85. The summed E-state index contributed by atoms with van der Waals surface area (Å²) >= 11 is 4.21. The summed E-state index contributed by atoms with van der Waals surface area (Å²) in [6.07, 6.45) is 2.51. The molecule has 0 atom stereocenters. The average Bonchev–Trinajstić information content (AvgIpc) is 2.87. The van der Waals surface area contributed by atoms with Crippen molar-refractivity contribution in [1.82, 2.24) is 14.9 Å². The van der Waals surface area contributed by atoms with Gasteiger partial charge in [0, 0.05) is 35.9 Å². The van der Waals surface area contributed by atoms with E-state index < -0.39 is 10.9 Å². The summed E-state index contributed by atoms with van der Waals surface area (Å²) in [5.74, 6) is 0.559. The van der Waals surface area contributed by atoms with Crippen LogP contribution in [-0.2, 0) is 16.1 Å². The minimum atomic E-state index is -0.720. The van der Waals surface area contributed by atoms with Crippen LogP contribution in [0.1, 0.15) is 35.1 Å². The molecule has 0 fully saturated rings. The number of rotatable bonds is 11. The number of allylic oxidation sites excluding steroid dienone is 1. The number of aromatic nitrogens is 2. The maximum atomic E-state index is 14.9. The maximum Gasteiger partial charge on any atom is 0.230 e. The first-order valence-electron chi connectivity index (χ1n) is 11.2. The zero-order valence-electron chi connectivity index (χ0n) is 20.5. The van der Waals surface area contributed by atoms with Gasteiger partial charge >= 0.3 is 0 Å². The van der Waals surface area contributed by atoms with Gasteiger partial charge in [-0.15, -0.1) is 0 Å². The Balaban J connectivity index is 1.93. The zero-order chi connectivity index (χ0) is 26.9. The van der Waals surface area contributed by atoms with Crippen molar-refractivity contribution < 1.29 is 23.5 Å². The van der Waals surface area contributed by atoms with E-state index in [0.29, 0.717) is 45.0 Å². The van der Waals surface area contributed by atoms with E-state index in [1.54, 1.807) is 38.2 Å². The Morgan fingerprint density at radius 2 is 1.95 bits per heavy atom. The molecule has 0 aliphatic rings. The smallest absolute Gasteiger partial charge is 0.230 e. The van der Waals surface area contributed by atoms with E-state index in [1.165, 1.54) is 30.2 Å². The van der Waals surface area contributed by atoms with Crippen LogP contribution in [0.25, 0.3) is 0 Å². The lowest BCUT2D eigenvalue weighted by Gasteiger charge is -2.22. The lowest BCUT2D eigenvalue weighted by Crippen LogP contribution is -2.22. The molecule has 8 nitrogen and oxygen atoms in total. The number of anilines is 1. The van der Waals surface area contributed by atoms with Crippen molar-refractivity contribution in [2.45, 2.75) is 26.8 Å². The van der Waals surface area contributed by atoms with Crippen LogP contribution in [0.15, 0.2) is 63.7 Å². The predicted molar refractivity (Wildman–Crippen MR) is 145 cm³/mol. The number of hydrogen-bond acceptors (Lipinski definition) is 8. The highest BCUT2D eigenvalue weighted by Gasteiger charge is 2.23. The van der Waals surface area contributed by atoms with E-state index in [0.717, 1.165) is 11.8 Å². The quantitative estimate of drug-likeness (QED) is 0.277. The average molecular weight is 589 g/mol. The number of benzene rings is 2. The number of amides is 1. The second kappa shape index (κ2) is 13.3. The van der Waals surface area contributed by atoms with Crippen LogP contribution in [0.4, 0.5) is 10.2 Å². The highest BCUT2D eigenvalue weighted by Crippen LogP contribution is 2.37. The molecular formula is C26H26BrFN4O4S. The van der Waals surface area contributed by atoms with Crippen molar-refractivity contribution in [3.05, 3.63) is 86.5 Å². The van der Waals surface area contributed by atoms with Crippen molar-refractivity contribution in [2.24, 2.45) is 0 Å². The molecule has 0 unspecified atom stereocenters. The number of halogens is 2. The first kappa shape index (κ1) is 28.3. The third kappa shape index (κ3) is 7.37. The summed E-state index contributed by atoms with van der Waals surface area (Å²) in [4.78, 5) is 35.6. The Morgan fingerprint density at radius 1 is 1.22 bits per heavy atom. The molecule has 1 amide bonds. The lowest BCUT2D eigenvalue weighted by molar-refractivity contribution is -0.116. The minimum absolute atomic E-state index is 0.0740. The van der Waals surface area contributed by atoms with Gasteiger partial charge in [0.2, 0.25) is 11.5 Å². The molecule has 0 saturated carbocycles. The molecule has 3 rings (SSSR count). The van der Waals surface area contributed by atoms with Crippen molar-refractivity contribution in [1.29, 1.82) is 0 Å². The van der Waals surface area contributed by atoms with Crippen LogP contribution in [0.2, 0.25) is 0 Å². The van der Waals surface area contributed by atoms with E-state index >= 15 is 0 Å². The van der Waals surface area contributed by atoms with Gasteiger partial charge in [0.1, 0.15) is 34.5 Å². The van der Waals surface area contributed by atoms with Crippen molar-refractivity contribution in [3.8, 4) is 11.5 Å². The van der Waals surface area contributed by atoms with E-state index in [2.05, 4.69) is 25.9 Å². The van der Waals surface area contributed by atoms with E-state index in [9.17, 15) is 14.0 Å². The fraction of sp³-hybridized carbons (Fsp3) is 0.231. The summed E-state index contributed by atoms with van der Waals surface area (Å²) < 4.78 is 26.7. The van der Waals surface area contributed by atoms with Crippen LogP contribution >= 0.6 is 27.7 Å². The van der Waals surface area contributed by atoms with Crippen molar-refractivity contribution in [2.75, 3.05) is 19.5 Å². The van der Waals surface area contributed by atoms with E-state index in [1.807, 2.05) is 6.07 Å². The predicted octanol–water partition coefficient (Wildman–Crippen LogP) is 5.86. The van der Waals surface area contributed by atoms with Crippen LogP contribution in [0.5, 0.6) is 11.5 Å². The number of carbonyl (C=O) groups is 2. The molecule has 0 saturated heterocycles. The number of nitrogens with zero attached hydrogens (tertiary/aromatic N) is 3. The Kier molecular flexibility index (Phi) is 10.2. The second-order valence-corrected chi connectivity index (χ2v) is 9.77. The largest absolute Gasteiger partial charge is 0.455 e. The highest BCUT2D eigenvalue weighted by atomic mass is 79.9. The summed E-state index contributed by atoms with van der Waals surface area (Å²) in [6, 6.07) is 11.3. The van der Waals surface area contributed by atoms with Gasteiger partial charge in [-0.1, -0.05) is 18.2 Å². The molecule has 37 heavy (non-hydrogen) atoms. The fourth-order valence-corrected chi connectivity index (χ4v) is 4.65. The molecule has 3 aromatic rings. The van der Waals surface area contributed by atoms with Gasteiger partial charge in [-0.05, 0) is 65.8 Å². The van der Waals surface area contributed by atoms with Gasteiger partial charge in [-0.25, -0.2) is 14.4 Å². The molecule has 1 aromatic heterocycles. The summed E-state index contributed by atoms with van der Waals surface area (Å²) in [7, 11) is 1.53. The zero-order valence-corrected chi connectivity index (χ0v) is 22.9. The van der Waals surface area contributed by atoms with Gasteiger partial charge in [0.25, 0.3) is 0 Å². The van der Waals surface area contributed by atoms with Crippen molar-refractivity contribution in [3.63, 3.8) is 0 Å². The Labute approximate surface area is 227 Å². The van der Waals surface area contributed by atoms with Crippen molar-refractivity contribution >= 4 is 45.0 Å². The number of thioether (sulfide) groups is 1. The molecule has 1 heterocycles. The molecular weight excluding hydrogens is 563 g/mol. The van der Waals surface area contributed by atoms with E-state index in [4.69, 9.17) is 15.2 Å². The number of nitrogens with two attached hydrogens (primary N) is 1. The molecule has 0 aliphatic carbocycles. The Morgan fingerprint density at radius 3 is 2.62 bits per heavy atom. The number of ether oxygens (including phenoxy) is 2. The number of nitrogen functional groups attached to an aromatic ring is 1. The first-order valence-corrected chi connectivity index (χ1v) is 12.8. The van der Waals surface area contributed by atoms with Crippen LogP contribution < -0.4 is 10.5 Å². The SMILES string of the molecule is COCC/C(SC(=O)c1c(F)cccc1Oc1ccccc1Br)=C(\C)N(C=O)Cc1cnc(C)nc1N. The topological polar surface area (TPSA) is 108 Å². The van der Waals surface area contributed by atoms with E-state index in [-0.39, 0.29) is 30.3 Å². The summed E-state index contributed by atoms with van der Waals surface area (Å²) in [5.41, 5.74) is 6.84. The monoisotopic (exact) mass is 588 g/mol. The number of hydrogen-bond donors (Lipinski definition) is 1. The number of methoxy groups -OCH3 is 1. The standard InChI is InChI=1S/C26H26BrFN4O4S/c1-16(32(15-33)14-18-13-30-17(2)31-25(18)29)23(11-12-35-3)37-26(34)24-20(28)8-6-10-22(24)36-21-9-5-4-7-19(21)27/h4-10,13,15H,11-12,14H2,1-3H3,(H2,29,30,31)/b23-16-. The third-order valence-corrected chi connectivity index (χ3v) is 7.10. The van der Waals surface area contributed by atoms with Gasteiger partial charge in [-0.3, -0.25) is 9.59 Å². The third-order valence-electron chi connectivity index (χ3n) is 5.31. The molecule has 194 valence electrons. The van der Waals surface area contributed by atoms with Gasteiger partial charge in [-0.2, -0.15) is 0 Å². The molecule has 11 heteroatoms. The molecule has 2 N–H and O–H groups in total.